The predicted molar refractivity (Wildman–Crippen MR) is 71.4 cm³/mol. The van der Waals surface area contributed by atoms with Gasteiger partial charge in [-0.25, -0.2) is 0 Å². The van der Waals surface area contributed by atoms with Crippen molar-refractivity contribution >= 4 is 0 Å². The van der Waals surface area contributed by atoms with Crippen LogP contribution in [0.1, 0.15) is 30.4 Å². The predicted octanol–water partition coefficient (Wildman–Crippen LogP) is 2.01. The lowest BCUT2D eigenvalue weighted by Gasteiger charge is -2.37. The van der Waals surface area contributed by atoms with Gasteiger partial charge in [-0.2, -0.15) is 0 Å². The smallest absolute Gasteiger partial charge is 0.0232 e. The summed E-state index contributed by atoms with van der Waals surface area (Å²) >= 11 is 0. The number of fused-ring (bicyclic) bond motifs is 1. The molecule has 3 rings (SSSR count). The first kappa shape index (κ1) is 11.2. The Balaban J connectivity index is 1.63. The first-order valence-electron chi connectivity index (χ1n) is 6.91. The zero-order valence-corrected chi connectivity index (χ0v) is 10.7. The van der Waals surface area contributed by atoms with E-state index in [0.29, 0.717) is 0 Å². The minimum atomic E-state index is 0.771. The van der Waals surface area contributed by atoms with E-state index >= 15 is 0 Å². The lowest BCUT2D eigenvalue weighted by Crippen LogP contribution is -2.41. The van der Waals surface area contributed by atoms with Gasteiger partial charge in [0.25, 0.3) is 0 Å². The molecule has 1 aromatic rings. The molecule has 1 N–H and O–H groups in total. The lowest BCUT2D eigenvalue weighted by atomic mass is 9.77. The van der Waals surface area contributed by atoms with E-state index in [2.05, 4.69) is 41.4 Å². The summed E-state index contributed by atoms with van der Waals surface area (Å²) in [6.07, 6.45) is 2.61. The van der Waals surface area contributed by atoms with Crippen molar-refractivity contribution < 1.29 is 0 Å². The molecule has 92 valence electrons. The Bertz CT molecular complexity index is 382. The second kappa shape index (κ2) is 4.79. The van der Waals surface area contributed by atoms with Crippen molar-refractivity contribution in [1.82, 2.24) is 10.2 Å². The van der Waals surface area contributed by atoms with Crippen molar-refractivity contribution in [3.63, 3.8) is 0 Å². The van der Waals surface area contributed by atoms with Crippen LogP contribution in [-0.2, 0) is 6.42 Å². The fourth-order valence-corrected chi connectivity index (χ4v) is 3.30. The molecular formula is C15H22N2. The Morgan fingerprint density at radius 1 is 1.35 bits per heavy atom. The molecule has 2 aliphatic rings. The van der Waals surface area contributed by atoms with E-state index < -0.39 is 0 Å². The standard InChI is InChI=1S/C15H22N2/c1-2-17(14-7-8-16-10-14)11-13-9-12-5-3-4-6-15(12)13/h3-6,13-14,16H,2,7-11H2,1H3. The number of likely N-dealkylation sites (N-methyl/N-ethyl adjacent to an activating group) is 1. The number of hydrogen-bond acceptors (Lipinski definition) is 2. The van der Waals surface area contributed by atoms with Crippen LogP contribution in [0, 0.1) is 0 Å². The van der Waals surface area contributed by atoms with Gasteiger partial charge in [0.2, 0.25) is 0 Å². The lowest BCUT2D eigenvalue weighted by molar-refractivity contribution is 0.199. The third-order valence-corrected chi connectivity index (χ3v) is 4.37. The summed E-state index contributed by atoms with van der Waals surface area (Å²) in [5, 5.41) is 3.47. The number of rotatable bonds is 4. The molecule has 17 heavy (non-hydrogen) atoms. The van der Waals surface area contributed by atoms with E-state index in [1.165, 1.54) is 39.0 Å². The summed E-state index contributed by atoms with van der Waals surface area (Å²) in [5.74, 6) is 0.784. The maximum absolute atomic E-state index is 3.47. The molecule has 1 heterocycles. The van der Waals surface area contributed by atoms with E-state index in [0.717, 1.165) is 12.0 Å². The second-order valence-corrected chi connectivity index (χ2v) is 5.33. The van der Waals surface area contributed by atoms with E-state index in [4.69, 9.17) is 0 Å². The first-order valence-corrected chi connectivity index (χ1v) is 6.91. The topological polar surface area (TPSA) is 15.3 Å². The molecule has 0 saturated carbocycles. The maximum Gasteiger partial charge on any atom is 0.0232 e. The van der Waals surface area contributed by atoms with E-state index in [9.17, 15) is 0 Å². The number of nitrogens with one attached hydrogen (secondary N) is 1. The molecule has 1 aromatic carbocycles. The van der Waals surface area contributed by atoms with Crippen LogP contribution < -0.4 is 5.32 Å². The fourth-order valence-electron chi connectivity index (χ4n) is 3.30. The van der Waals surface area contributed by atoms with Crippen molar-refractivity contribution in [1.29, 1.82) is 0 Å². The monoisotopic (exact) mass is 230 g/mol. The Kier molecular flexibility index (Phi) is 3.17. The van der Waals surface area contributed by atoms with Gasteiger partial charge in [-0.3, -0.25) is 4.90 Å². The summed E-state index contributed by atoms with van der Waals surface area (Å²) in [7, 11) is 0. The number of benzene rings is 1. The van der Waals surface area contributed by atoms with Crippen molar-refractivity contribution in [2.45, 2.75) is 31.7 Å². The van der Waals surface area contributed by atoms with Gasteiger partial charge in [-0.15, -0.1) is 0 Å². The van der Waals surface area contributed by atoms with Crippen molar-refractivity contribution in [2.24, 2.45) is 0 Å². The van der Waals surface area contributed by atoms with Gasteiger partial charge in [0.1, 0.15) is 0 Å². The molecule has 2 atom stereocenters. The van der Waals surface area contributed by atoms with Gasteiger partial charge in [-0.1, -0.05) is 31.2 Å². The first-order chi connectivity index (χ1) is 8.38. The summed E-state index contributed by atoms with van der Waals surface area (Å²) in [6, 6.07) is 9.70. The molecule has 1 saturated heterocycles. The van der Waals surface area contributed by atoms with E-state index in [-0.39, 0.29) is 0 Å². The summed E-state index contributed by atoms with van der Waals surface area (Å²) in [4.78, 5) is 2.67. The van der Waals surface area contributed by atoms with Crippen LogP contribution in [0.2, 0.25) is 0 Å². The molecule has 1 aliphatic carbocycles. The molecule has 2 unspecified atom stereocenters. The van der Waals surface area contributed by atoms with Gasteiger partial charge in [0.05, 0.1) is 0 Å². The normalized spacial score (nSPS) is 26.9. The van der Waals surface area contributed by atoms with Crippen LogP contribution in [0.3, 0.4) is 0 Å². The van der Waals surface area contributed by atoms with Crippen LogP contribution in [0.5, 0.6) is 0 Å². The Morgan fingerprint density at radius 2 is 2.24 bits per heavy atom. The number of nitrogens with zero attached hydrogens (tertiary/aromatic N) is 1. The van der Waals surface area contributed by atoms with Crippen LogP contribution in [-0.4, -0.2) is 37.1 Å². The van der Waals surface area contributed by atoms with Crippen LogP contribution in [0.15, 0.2) is 24.3 Å². The Hall–Kier alpha value is -0.860. The Morgan fingerprint density at radius 3 is 2.94 bits per heavy atom. The van der Waals surface area contributed by atoms with Gasteiger partial charge < -0.3 is 5.32 Å². The molecule has 0 spiro atoms. The van der Waals surface area contributed by atoms with Crippen LogP contribution in [0.4, 0.5) is 0 Å². The second-order valence-electron chi connectivity index (χ2n) is 5.33. The number of hydrogen-bond donors (Lipinski definition) is 1. The van der Waals surface area contributed by atoms with Gasteiger partial charge >= 0.3 is 0 Å². The van der Waals surface area contributed by atoms with Crippen LogP contribution in [0.25, 0.3) is 0 Å². The van der Waals surface area contributed by atoms with Gasteiger partial charge in [0, 0.05) is 25.0 Å². The molecule has 0 bridgehead atoms. The van der Waals surface area contributed by atoms with Gasteiger partial charge in [-0.05, 0) is 37.1 Å². The zero-order valence-electron chi connectivity index (χ0n) is 10.7. The zero-order chi connectivity index (χ0) is 11.7. The quantitative estimate of drug-likeness (QED) is 0.851. The summed E-state index contributed by atoms with van der Waals surface area (Å²) in [6.45, 7) is 7.11. The third kappa shape index (κ3) is 2.12. The summed E-state index contributed by atoms with van der Waals surface area (Å²) in [5.41, 5.74) is 3.16. The highest BCUT2D eigenvalue weighted by atomic mass is 15.2. The highest BCUT2D eigenvalue weighted by molar-refractivity contribution is 5.40. The van der Waals surface area contributed by atoms with Gasteiger partial charge in [0.15, 0.2) is 0 Å². The molecule has 2 heteroatoms. The van der Waals surface area contributed by atoms with Crippen molar-refractivity contribution in [2.75, 3.05) is 26.2 Å². The average Bonchev–Trinajstić information content (AvgIpc) is 2.84. The fraction of sp³-hybridized carbons (Fsp3) is 0.600. The molecule has 1 aliphatic heterocycles. The summed E-state index contributed by atoms with van der Waals surface area (Å²) < 4.78 is 0. The molecule has 0 aromatic heterocycles. The molecular weight excluding hydrogens is 208 g/mol. The minimum absolute atomic E-state index is 0.771. The van der Waals surface area contributed by atoms with E-state index in [1.807, 2.05) is 0 Å². The largest absolute Gasteiger partial charge is 0.315 e. The Labute approximate surface area is 104 Å². The average molecular weight is 230 g/mol. The minimum Gasteiger partial charge on any atom is -0.315 e. The molecule has 0 amide bonds. The van der Waals surface area contributed by atoms with Crippen molar-refractivity contribution in [3.8, 4) is 0 Å². The highest BCUT2D eigenvalue weighted by Crippen LogP contribution is 2.35. The highest BCUT2D eigenvalue weighted by Gasteiger charge is 2.30. The van der Waals surface area contributed by atoms with E-state index in [1.54, 1.807) is 11.1 Å². The SMILES string of the molecule is CCN(CC1Cc2ccccc21)C1CCNC1. The third-order valence-electron chi connectivity index (χ3n) is 4.37. The van der Waals surface area contributed by atoms with Crippen molar-refractivity contribution in [3.05, 3.63) is 35.4 Å². The van der Waals surface area contributed by atoms with Crippen LogP contribution >= 0.6 is 0 Å². The molecule has 1 fully saturated rings. The maximum atomic E-state index is 3.47. The molecule has 0 radical (unpaired) electrons. The molecule has 2 nitrogen and oxygen atoms in total.